The average Bonchev–Trinajstić information content (AvgIpc) is 3.25. The van der Waals surface area contributed by atoms with Crippen LogP contribution in [-0.2, 0) is 4.79 Å². The number of furan rings is 1. The molecule has 1 amide bonds. The third kappa shape index (κ3) is 4.06. The number of rotatable bonds is 3. The van der Waals surface area contributed by atoms with Crippen molar-refractivity contribution in [3.8, 4) is 11.3 Å². The largest absolute Gasteiger partial charge is 0.457 e. The molecular formula is C22H17ClN2O2S. The van der Waals surface area contributed by atoms with Crippen molar-refractivity contribution in [1.29, 1.82) is 0 Å². The van der Waals surface area contributed by atoms with Crippen LogP contribution in [0.3, 0.4) is 0 Å². The van der Waals surface area contributed by atoms with Gasteiger partial charge in [0.15, 0.2) is 5.17 Å². The van der Waals surface area contributed by atoms with Crippen molar-refractivity contribution in [2.45, 2.75) is 13.8 Å². The van der Waals surface area contributed by atoms with E-state index in [0.29, 0.717) is 26.6 Å². The van der Waals surface area contributed by atoms with Gasteiger partial charge in [-0.2, -0.15) is 0 Å². The molecule has 0 spiro atoms. The molecule has 4 nitrogen and oxygen atoms in total. The Kier molecular flexibility index (Phi) is 5.11. The Hall–Kier alpha value is -2.76. The molecule has 2 aromatic carbocycles. The molecule has 140 valence electrons. The monoisotopic (exact) mass is 408 g/mol. The lowest BCUT2D eigenvalue weighted by Gasteiger charge is -2.02. The van der Waals surface area contributed by atoms with Gasteiger partial charge >= 0.3 is 0 Å². The van der Waals surface area contributed by atoms with Gasteiger partial charge in [0.25, 0.3) is 5.91 Å². The predicted octanol–water partition coefficient (Wildman–Crippen LogP) is 6.11. The minimum Gasteiger partial charge on any atom is -0.457 e. The first-order chi connectivity index (χ1) is 13.5. The van der Waals surface area contributed by atoms with Gasteiger partial charge in [0.05, 0.1) is 10.6 Å². The van der Waals surface area contributed by atoms with Crippen LogP contribution in [0.4, 0.5) is 5.69 Å². The number of amides is 1. The Morgan fingerprint density at radius 1 is 1.11 bits per heavy atom. The molecule has 1 fully saturated rings. The second kappa shape index (κ2) is 7.70. The Morgan fingerprint density at radius 3 is 2.79 bits per heavy atom. The van der Waals surface area contributed by atoms with Gasteiger partial charge in [-0.05, 0) is 67.1 Å². The number of aryl methyl sites for hydroxylation is 2. The van der Waals surface area contributed by atoms with Crippen LogP contribution in [0.2, 0.25) is 5.02 Å². The topological polar surface area (TPSA) is 54.6 Å². The van der Waals surface area contributed by atoms with Crippen molar-refractivity contribution in [3.63, 3.8) is 0 Å². The van der Waals surface area contributed by atoms with E-state index in [9.17, 15) is 4.79 Å². The normalized spacial score (nSPS) is 16.8. The molecule has 2 heterocycles. The highest BCUT2D eigenvalue weighted by Gasteiger charge is 2.24. The molecule has 6 heteroatoms. The summed E-state index contributed by atoms with van der Waals surface area (Å²) in [5.74, 6) is 1.11. The molecule has 0 unspecified atom stereocenters. The first kappa shape index (κ1) is 18.6. The lowest BCUT2D eigenvalue weighted by Crippen LogP contribution is -2.19. The molecule has 0 aliphatic carbocycles. The molecule has 1 aliphatic rings. The van der Waals surface area contributed by atoms with Crippen molar-refractivity contribution in [1.82, 2.24) is 5.32 Å². The Bertz CT molecular complexity index is 1130. The minimum absolute atomic E-state index is 0.185. The molecule has 1 aliphatic heterocycles. The molecule has 0 atom stereocenters. The SMILES string of the molecule is Cc1ccc(C)c(N=C2NC(=O)C(=Cc3ccc(-c4cccc(Cl)c4)o3)S2)c1. The molecular weight excluding hydrogens is 392 g/mol. The molecule has 28 heavy (non-hydrogen) atoms. The van der Waals surface area contributed by atoms with E-state index in [1.807, 2.05) is 68.4 Å². The maximum absolute atomic E-state index is 12.3. The molecule has 1 N–H and O–H groups in total. The van der Waals surface area contributed by atoms with Crippen LogP contribution >= 0.6 is 23.4 Å². The van der Waals surface area contributed by atoms with Gasteiger partial charge in [0, 0.05) is 16.7 Å². The van der Waals surface area contributed by atoms with Crippen LogP contribution in [0.15, 0.2) is 68.9 Å². The third-order valence-electron chi connectivity index (χ3n) is 4.25. The van der Waals surface area contributed by atoms with Gasteiger partial charge < -0.3 is 9.73 Å². The molecule has 4 rings (SSSR count). The first-order valence-corrected chi connectivity index (χ1v) is 9.90. The fraction of sp³-hybridized carbons (Fsp3) is 0.0909. The Labute approximate surface area is 172 Å². The van der Waals surface area contributed by atoms with E-state index in [1.54, 1.807) is 6.08 Å². The van der Waals surface area contributed by atoms with Crippen molar-refractivity contribution < 1.29 is 9.21 Å². The molecule has 1 saturated heterocycles. The average molecular weight is 409 g/mol. The molecule has 3 aromatic rings. The fourth-order valence-corrected chi connectivity index (χ4v) is 3.79. The first-order valence-electron chi connectivity index (χ1n) is 8.70. The van der Waals surface area contributed by atoms with E-state index in [2.05, 4.69) is 10.3 Å². The van der Waals surface area contributed by atoms with Crippen LogP contribution < -0.4 is 5.32 Å². The number of hydrogen-bond donors (Lipinski definition) is 1. The summed E-state index contributed by atoms with van der Waals surface area (Å²) in [6, 6.07) is 17.2. The van der Waals surface area contributed by atoms with Gasteiger partial charge in [0.1, 0.15) is 11.5 Å². The summed E-state index contributed by atoms with van der Waals surface area (Å²) < 4.78 is 5.86. The number of amidine groups is 1. The number of nitrogens with one attached hydrogen (secondary N) is 1. The Morgan fingerprint density at radius 2 is 1.96 bits per heavy atom. The van der Waals surface area contributed by atoms with Crippen molar-refractivity contribution in [2.24, 2.45) is 4.99 Å². The predicted molar refractivity (Wildman–Crippen MR) is 116 cm³/mol. The number of hydrogen-bond acceptors (Lipinski definition) is 4. The van der Waals surface area contributed by atoms with E-state index in [0.717, 1.165) is 22.4 Å². The van der Waals surface area contributed by atoms with E-state index in [4.69, 9.17) is 16.0 Å². The summed E-state index contributed by atoms with van der Waals surface area (Å²) in [4.78, 5) is 17.4. The van der Waals surface area contributed by atoms with E-state index in [1.165, 1.54) is 11.8 Å². The number of carbonyl (C=O) groups is 1. The third-order valence-corrected chi connectivity index (χ3v) is 5.39. The number of benzene rings is 2. The van der Waals surface area contributed by atoms with Gasteiger partial charge in [0.2, 0.25) is 0 Å². The minimum atomic E-state index is -0.185. The summed E-state index contributed by atoms with van der Waals surface area (Å²) in [6.45, 7) is 4.01. The zero-order valence-electron chi connectivity index (χ0n) is 15.3. The summed E-state index contributed by atoms with van der Waals surface area (Å²) in [6.07, 6.45) is 1.72. The van der Waals surface area contributed by atoms with Gasteiger partial charge in [-0.15, -0.1) is 0 Å². The van der Waals surface area contributed by atoms with Crippen LogP contribution in [0.25, 0.3) is 17.4 Å². The number of thioether (sulfide) groups is 1. The summed E-state index contributed by atoms with van der Waals surface area (Å²) in [5, 5.41) is 4.02. The maximum atomic E-state index is 12.3. The lowest BCUT2D eigenvalue weighted by atomic mass is 10.1. The summed E-state index contributed by atoms with van der Waals surface area (Å²) in [7, 11) is 0. The number of carbonyl (C=O) groups excluding carboxylic acids is 1. The van der Waals surface area contributed by atoms with E-state index >= 15 is 0 Å². The zero-order valence-corrected chi connectivity index (χ0v) is 16.9. The highest BCUT2D eigenvalue weighted by Crippen LogP contribution is 2.31. The van der Waals surface area contributed by atoms with Crippen molar-refractivity contribution in [3.05, 3.63) is 81.4 Å². The molecule has 1 aromatic heterocycles. The second-order valence-electron chi connectivity index (χ2n) is 6.48. The maximum Gasteiger partial charge on any atom is 0.264 e. The van der Waals surface area contributed by atoms with Crippen LogP contribution in [0, 0.1) is 13.8 Å². The molecule has 0 radical (unpaired) electrons. The number of aliphatic imine (C=N–C) groups is 1. The smallest absolute Gasteiger partial charge is 0.264 e. The quantitative estimate of drug-likeness (QED) is 0.532. The van der Waals surface area contributed by atoms with E-state index in [-0.39, 0.29) is 5.91 Å². The second-order valence-corrected chi connectivity index (χ2v) is 7.95. The standard InChI is InChI=1S/C22H17ClN2O2S/c1-13-6-7-14(2)18(10-13)24-22-25-21(26)20(28-22)12-17-8-9-19(27-17)15-4-3-5-16(23)11-15/h3-12H,1-2H3,(H,24,25,26). The van der Waals surface area contributed by atoms with Gasteiger partial charge in [-0.3, -0.25) is 4.79 Å². The Balaban J connectivity index is 1.57. The number of nitrogens with zero attached hydrogens (tertiary/aromatic N) is 1. The number of halogens is 1. The molecule has 0 bridgehead atoms. The van der Waals surface area contributed by atoms with Crippen LogP contribution in [0.1, 0.15) is 16.9 Å². The summed E-state index contributed by atoms with van der Waals surface area (Å²) >= 11 is 7.34. The van der Waals surface area contributed by atoms with Crippen LogP contribution in [0.5, 0.6) is 0 Å². The molecule has 0 saturated carbocycles. The highest BCUT2D eigenvalue weighted by molar-refractivity contribution is 8.18. The van der Waals surface area contributed by atoms with Gasteiger partial charge in [-0.25, -0.2) is 4.99 Å². The lowest BCUT2D eigenvalue weighted by molar-refractivity contribution is -0.115. The summed E-state index contributed by atoms with van der Waals surface area (Å²) in [5.41, 5.74) is 3.92. The van der Waals surface area contributed by atoms with Crippen molar-refractivity contribution in [2.75, 3.05) is 0 Å². The highest BCUT2D eigenvalue weighted by atomic mass is 35.5. The fourth-order valence-electron chi connectivity index (χ4n) is 2.79. The van der Waals surface area contributed by atoms with Crippen LogP contribution in [-0.4, -0.2) is 11.1 Å². The van der Waals surface area contributed by atoms with E-state index < -0.39 is 0 Å². The zero-order chi connectivity index (χ0) is 19.7. The van der Waals surface area contributed by atoms with Gasteiger partial charge in [-0.1, -0.05) is 35.9 Å². The van der Waals surface area contributed by atoms with Crippen molar-refractivity contribution >= 4 is 46.2 Å².